The van der Waals surface area contributed by atoms with Crippen LogP contribution in [0.25, 0.3) is 0 Å². The highest BCUT2D eigenvalue weighted by Gasteiger charge is 2.33. The molecule has 0 aromatic heterocycles. The zero-order valence-corrected chi connectivity index (χ0v) is 18.1. The number of anilines is 1. The second-order valence-electron chi connectivity index (χ2n) is 7.15. The summed E-state index contributed by atoms with van der Waals surface area (Å²) in [4.78, 5) is 38.9. The number of hydrogen-bond donors (Lipinski definition) is 2. The molecule has 1 fully saturated rings. The van der Waals surface area contributed by atoms with Crippen LogP contribution in [0.1, 0.15) is 33.6 Å². The minimum absolute atomic E-state index is 0.0692. The summed E-state index contributed by atoms with van der Waals surface area (Å²) in [5.41, 5.74) is 0.630. The van der Waals surface area contributed by atoms with E-state index in [1.54, 1.807) is 17.9 Å². The minimum Gasteiger partial charge on any atom is -0.466 e. The molecule has 1 atom stereocenters. The van der Waals surface area contributed by atoms with Crippen molar-refractivity contribution >= 4 is 39.5 Å². The number of nitrogens with one attached hydrogen (secondary N) is 2. The van der Waals surface area contributed by atoms with Crippen LogP contribution < -0.4 is 10.6 Å². The molecule has 1 aliphatic rings. The number of rotatable bonds is 6. The Morgan fingerprint density at radius 1 is 1.21 bits per heavy atom. The van der Waals surface area contributed by atoms with Crippen LogP contribution in [0.5, 0.6) is 0 Å². The van der Waals surface area contributed by atoms with Crippen LogP contribution in [0.3, 0.4) is 0 Å². The van der Waals surface area contributed by atoms with E-state index in [1.807, 2.05) is 32.0 Å². The maximum absolute atomic E-state index is 13.0. The van der Waals surface area contributed by atoms with Gasteiger partial charge in [-0.2, -0.15) is 0 Å². The van der Waals surface area contributed by atoms with E-state index >= 15 is 0 Å². The predicted molar refractivity (Wildman–Crippen MR) is 111 cm³/mol. The van der Waals surface area contributed by atoms with Crippen molar-refractivity contribution in [1.82, 2.24) is 10.2 Å². The van der Waals surface area contributed by atoms with Gasteiger partial charge in [0, 0.05) is 17.6 Å². The van der Waals surface area contributed by atoms with Crippen molar-refractivity contribution in [3.63, 3.8) is 0 Å². The van der Waals surface area contributed by atoms with Gasteiger partial charge in [0.05, 0.1) is 18.2 Å². The molecule has 1 aromatic rings. The first-order chi connectivity index (χ1) is 13.3. The molecule has 0 aliphatic carbocycles. The molecule has 1 aliphatic heterocycles. The molecule has 154 valence electrons. The molecule has 0 saturated carbocycles. The van der Waals surface area contributed by atoms with Crippen molar-refractivity contribution < 1.29 is 19.1 Å². The van der Waals surface area contributed by atoms with E-state index in [9.17, 15) is 14.4 Å². The number of para-hydroxylation sites is 1. The number of amides is 3. The van der Waals surface area contributed by atoms with Crippen LogP contribution in [0.2, 0.25) is 0 Å². The first kappa shape index (κ1) is 22.2. The average molecular weight is 454 g/mol. The number of piperidine rings is 1. The molecule has 7 nitrogen and oxygen atoms in total. The molecular formula is C20H28BrN3O4. The number of hydrogen-bond acceptors (Lipinski definition) is 4. The topological polar surface area (TPSA) is 87.7 Å². The predicted octanol–water partition coefficient (Wildman–Crippen LogP) is 3.40. The number of carbonyl (C=O) groups excluding carboxylic acids is 3. The summed E-state index contributed by atoms with van der Waals surface area (Å²) < 4.78 is 5.83. The fourth-order valence-electron chi connectivity index (χ4n) is 3.17. The summed E-state index contributed by atoms with van der Waals surface area (Å²) in [6.07, 6.45) is 1.16. The van der Waals surface area contributed by atoms with Crippen LogP contribution >= 0.6 is 15.9 Å². The summed E-state index contributed by atoms with van der Waals surface area (Å²) in [7, 11) is 0. The van der Waals surface area contributed by atoms with E-state index in [0.717, 1.165) is 4.47 Å². The lowest BCUT2D eigenvalue weighted by Crippen LogP contribution is -2.54. The van der Waals surface area contributed by atoms with Gasteiger partial charge in [-0.1, -0.05) is 26.0 Å². The summed E-state index contributed by atoms with van der Waals surface area (Å²) in [5.74, 6) is -0.547. The van der Waals surface area contributed by atoms with Gasteiger partial charge in [-0.3, -0.25) is 9.59 Å². The van der Waals surface area contributed by atoms with E-state index in [4.69, 9.17) is 4.74 Å². The van der Waals surface area contributed by atoms with Crippen molar-refractivity contribution in [2.75, 3.05) is 25.0 Å². The third-order valence-electron chi connectivity index (χ3n) is 4.77. The highest BCUT2D eigenvalue weighted by atomic mass is 79.9. The second-order valence-corrected chi connectivity index (χ2v) is 8.01. The molecule has 1 aromatic carbocycles. The zero-order chi connectivity index (χ0) is 20.7. The Morgan fingerprint density at radius 2 is 1.86 bits per heavy atom. The highest BCUT2D eigenvalue weighted by Crippen LogP contribution is 2.22. The fraction of sp³-hybridized carbons (Fsp3) is 0.550. The Labute approximate surface area is 174 Å². The number of esters is 1. The summed E-state index contributed by atoms with van der Waals surface area (Å²) in [6, 6.07) is 6.21. The summed E-state index contributed by atoms with van der Waals surface area (Å²) >= 11 is 3.38. The Morgan fingerprint density at radius 3 is 2.43 bits per heavy atom. The Hall–Kier alpha value is -2.09. The van der Waals surface area contributed by atoms with Crippen LogP contribution in [0.15, 0.2) is 28.7 Å². The van der Waals surface area contributed by atoms with Gasteiger partial charge in [0.2, 0.25) is 5.91 Å². The molecule has 2 N–H and O–H groups in total. The molecular weight excluding hydrogens is 426 g/mol. The lowest BCUT2D eigenvalue weighted by Gasteiger charge is -2.34. The van der Waals surface area contributed by atoms with Crippen molar-refractivity contribution in [1.29, 1.82) is 0 Å². The van der Waals surface area contributed by atoms with Crippen molar-refractivity contribution in [3.8, 4) is 0 Å². The van der Waals surface area contributed by atoms with Crippen molar-refractivity contribution in [3.05, 3.63) is 28.7 Å². The minimum atomic E-state index is -0.637. The lowest BCUT2D eigenvalue weighted by atomic mass is 9.95. The normalized spacial score (nSPS) is 15.8. The largest absolute Gasteiger partial charge is 0.466 e. The van der Waals surface area contributed by atoms with E-state index in [1.165, 1.54) is 0 Å². The van der Waals surface area contributed by atoms with Gasteiger partial charge in [-0.05, 0) is 53.7 Å². The quantitative estimate of drug-likeness (QED) is 0.646. The van der Waals surface area contributed by atoms with Crippen LogP contribution in [0, 0.1) is 11.8 Å². The van der Waals surface area contributed by atoms with Gasteiger partial charge in [0.15, 0.2) is 0 Å². The number of urea groups is 1. The fourth-order valence-corrected chi connectivity index (χ4v) is 3.55. The molecule has 1 unspecified atom stereocenters. The molecule has 0 bridgehead atoms. The first-order valence-electron chi connectivity index (χ1n) is 9.61. The van der Waals surface area contributed by atoms with E-state index in [0.29, 0.717) is 38.2 Å². The van der Waals surface area contributed by atoms with Gasteiger partial charge in [0.25, 0.3) is 0 Å². The van der Waals surface area contributed by atoms with Gasteiger partial charge in [-0.25, -0.2) is 4.79 Å². The third-order valence-corrected chi connectivity index (χ3v) is 5.46. The second kappa shape index (κ2) is 10.5. The SMILES string of the molecule is CCOC(=O)C1CCN(C(=O)C(NC(=O)Nc2ccccc2Br)C(C)C)CC1. The Kier molecular flexibility index (Phi) is 8.29. The maximum atomic E-state index is 13.0. The van der Waals surface area contributed by atoms with Crippen LogP contribution in [0.4, 0.5) is 10.5 Å². The first-order valence-corrected chi connectivity index (χ1v) is 10.4. The molecule has 0 spiro atoms. The molecule has 1 saturated heterocycles. The number of halogens is 1. The van der Waals surface area contributed by atoms with Gasteiger partial charge in [-0.15, -0.1) is 0 Å². The molecule has 1 heterocycles. The van der Waals surface area contributed by atoms with Crippen LogP contribution in [-0.4, -0.2) is 48.5 Å². The summed E-state index contributed by atoms with van der Waals surface area (Å²) in [6.45, 7) is 6.91. The number of benzene rings is 1. The smallest absolute Gasteiger partial charge is 0.319 e. The molecule has 28 heavy (non-hydrogen) atoms. The highest BCUT2D eigenvalue weighted by molar-refractivity contribution is 9.10. The van der Waals surface area contributed by atoms with Crippen molar-refractivity contribution in [2.45, 2.75) is 39.7 Å². The number of likely N-dealkylation sites (tertiary alicyclic amines) is 1. The van der Waals surface area contributed by atoms with E-state index < -0.39 is 12.1 Å². The Bertz CT molecular complexity index is 702. The average Bonchev–Trinajstić information content (AvgIpc) is 2.67. The summed E-state index contributed by atoms with van der Waals surface area (Å²) in [5, 5.41) is 5.55. The molecule has 0 radical (unpaired) electrons. The van der Waals surface area contributed by atoms with Gasteiger partial charge < -0.3 is 20.3 Å². The lowest BCUT2D eigenvalue weighted by molar-refractivity contribution is -0.151. The van der Waals surface area contributed by atoms with E-state index in [2.05, 4.69) is 26.6 Å². The third kappa shape index (κ3) is 5.95. The zero-order valence-electron chi connectivity index (χ0n) is 16.5. The van der Waals surface area contributed by atoms with Gasteiger partial charge >= 0.3 is 12.0 Å². The van der Waals surface area contributed by atoms with Crippen molar-refractivity contribution in [2.24, 2.45) is 11.8 Å². The standard InChI is InChI=1S/C20H28BrN3O4/c1-4-28-19(26)14-9-11-24(12-10-14)18(25)17(13(2)3)23-20(27)22-16-8-6-5-7-15(16)21/h5-8,13-14,17H,4,9-12H2,1-3H3,(H2,22,23,27). The number of carbonyl (C=O) groups is 3. The van der Waals surface area contributed by atoms with Crippen LogP contribution in [-0.2, 0) is 14.3 Å². The Balaban J connectivity index is 1.94. The number of nitrogens with zero attached hydrogens (tertiary/aromatic N) is 1. The molecule has 8 heteroatoms. The number of ether oxygens (including phenoxy) is 1. The van der Waals surface area contributed by atoms with Gasteiger partial charge in [0.1, 0.15) is 6.04 Å². The maximum Gasteiger partial charge on any atom is 0.319 e. The monoisotopic (exact) mass is 453 g/mol. The molecule has 2 rings (SSSR count). The van der Waals surface area contributed by atoms with E-state index in [-0.39, 0.29) is 23.7 Å². The molecule has 3 amide bonds.